The Bertz CT molecular complexity index is 673. The number of fused-ring (bicyclic) bond motifs is 1. The van der Waals surface area contributed by atoms with E-state index in [1.54, 1.807) is 0 Å². The summed E-state index contributed by atoms with van der Waals surface area (Å²) in [6.07, 6.45) is 0.970. The fourth-order valence-corrected chi connectivity index (χ4v) is 2.58. The summed E-state index contributed by atoms with van der Waals surface area (Å²) >= 11 is 0. The Labute approximate surface area is 115 Å². The molecule has 0 radical (unpaired) electrons. The third kappa shape index (κ3) is 2.22. The lowest BCUT2D eigenvalue weighted by Gasteiger charge is -2.30. The number of rotatable bonds is 4. The van der Waals surface area contributed by atoms with Gasteiger partial charge in [0.15, 0.2) is 0 Å². The molecule has 0 spiro atoms. The quantitative estimate of drug-likeness (QED) is 0.684. The largest absolute Gasteiger partial charge is 0.379 e. The molecule has 1 aliphatic carbocycles. The van der Waals surface area contributed by atoms with Gasteiger partial charge in [0.25, 0.3) is 5.69 Å². The zero-order valence-electron chi connectivity index (χ0n) is 10.7. The fourth-order valence-electron chi connectivity index (χ4n) is 2.58. The average molecular weight is 272 g/mol. The summed E-state index contributed by atoms with van der Waals surface area (Å²) in [6, 6.07) is 11.7. The Hall–Kier alpha value is -2.43. The summed E-state index contributed by atoms with van der Waals surface area (Å²) < 4.78 is 13.0. The van der Waals surface area contributed by atoms with Crippen LogP contribution in [0.15, 0.2) is 42.5 Å². The lowest BCUT2D eigenvalue weighted by atomic mass is 9.77. The lowest BCUT2D eigenvalue weighted by molar-refractivity contribution is -0.384. The molecule has 4 nitrogen and oxygen atoms in total. The highest BCUT2D eigenvalue weighted by Gasteiger charge is 2.25. The monoisotopic (exact) mass is 272 g/mol. The highest BCUT2D eigenvalue weighted by molar-refractivity contribution is 5.61. The van der Waals surface area contributed by atoms with Gasteiger partial charge in [0, 0.05) is 12.5 Å². The molecule has 0 fully saturated rings. The number of anilines is 1. The first-order chi connectivity index (χ1) is 9.65. The molecule has 2 aromatic carbocycles. The van der Waals surface area contributed by atoms with Crippen molar-refractivity contribution in [3.63, 3.8) is 0 Å². The molecule has 0 saturated carbocycles. The van der Waals surface area contributed by atoms with E-state index in [0.717, 1.165) is 12.5 Å². The maximum atomic E-state index is 13.0. The molecule has 3 rings (SSSR count). The normalized spacial score (nSPS) is 16.1. The number of hydrogen-bond acceptors (Lipinski definition) is 3. The van der Waals surface area contributed by atoms with Crippen molar-refractivity contribution in [2.75, 3.05) is 11.9 Å². The molecule has 20 heavy (non-hydrogen) atoms. The summed E-state index contributed by atoms with van der Waals surface area (Å²) in [5.41, 5.74) is 2.75. The van der Waals surface area contributed by atoms with E-state index in [0.29, 0.717) is 18.2 Å². The molecule has 102 valence electrons. The minimum atomic E-state index is -0.601. The van der Waals surface area contributed by atoms with Crippen LogP contribution in [0, 0.1) is 15.9 Å². The van der Waals surface area contributed by atoms with E-state index in [1.165, 1.54) is 23.3 Å². The first-order valence-electron chi connectivity index (χ1n) is 6.41. The zero-order valence-corrected chi connectivity index (χ0v) is 10.7. The molecule has 0 amide bonds. The van der Waals surface area contributed by atoms with Crippen molar-refractivity contribution >= 4 is 11.4 Å². The predicted octanol–water partition coefficient (Wildman–Crippen LogP) is 3.49. The summed E-state index contributed by atoms with van der Waals surface area (Å²) in [7, 11) is 0. The molecule has 1 atom stereocenters. The Morgan fingerprint density at radius 3 is 2.85 bits per heavy atom. The molecular formula is C15H13FN2O2. The summed E-state index contributed by atoms with van der Waals surface area (Å²) in [4.78, 5) is 10.3. The van der Waals surface area contributed by atoms with Crippen LogP contribution in [-0.2, 0) is 6.42 Å². The second kappa shape index (κ2) is 4.92. The molecule has 5 heteroatoms. The Balaban J connectivity index is 1.73. The number of nitrogens with zero attached hydrogens (tertiary/aromatic N) is 1. The van der Waals surface area contributed by atoms with Crippen molar-refractivity contribution in [2.45, 2.75) is 12.3 Å². The van der Waals surface area contributed by atoms with E-state index in [9.17, 15) is 14.5 Å². The maximum absolute atomic E-state index is 13.0. The highest BCUT2D eigenvalue weighted by Crippen LogP contribution is 2.35. The van der Waals surface area contributed by atoms with E-state index in [-0.39, 0.29) is 5.69 Å². The van der Waals surface area contributed by atoms with Crippen molar-refractivity contribution < 1.29 is 9.31 Å². The van der Waals surface area contributed by atoms with Gasteiger partial charge in [-0.1, -0.05) is 24.3 Å². The van der Waals surface area contributed by atoms with Crippen LogP contribution in [0.1, 0.15) is 17.0 Å². The smallest absolute Gasteiger partial charge is 0.295 e. The number of nitro benzene ring substituents is 1. The van der Waals surface area contributed by atoms with E-state index in [2.05, 4.69) is 17.4 Å². The Morgan fingerprint density at radius 1 is 1.30 bits per heavy atom. The van der Waals surface area contributed by atoms with Crippen molar-refractivity contribution in [3.8, 4) is 0 Å². The van der Waals surface area contributed by atoms with Gasteiger partial charge in [-0.05, 0) is 29.7 Å². The van der Waals surface area contributed by atoms with Gasteiger partial charge in [0.05, 0.1) is 11.0 Å². The third-order valence-corrected chi connectivity index (χ3v) is 3.66. The summed E-state index contributed by atoms with van der Waals surface area (Å²) in [5, 5.41) is 14.0. The SMILES string of the molecule is O=[N+]([O-])c1cc(F)ccc1NCC1Cc2ccccc21. The zero-order chi connectivity index (χ0) is 14.1. The van der Waals surface area contributed by atoms with Gasteiger partial charge >= 0.3 is 0 Å². The molecule has 0 aromatic heterocycles. The van der Waals surface area contributed by atoms with Gasteiger partial charge < -0.3 is 5.32 Å². The molecule has 2 aromatic rings. The summed E-state index contributed by atoms with van der Waals surface area (Å²) in [5.74, 6) is -0.243. The first kappa shape index (κ1) is 12.6. The number of halogens is 1. The second-order valence-corrected chi connectivity index (χ2v) is 4.90. The van der Waals surface area contributed by atoms with Gasteiger partial charge in [-0.3, -0.25) is 10.1 Å². The summed E-state index contributed by atoms with van der Waals surface area (Å²) in [6.45, 7) is 0.615. The van der Waals surface area contributed by atoms with Gasteiger partial charge in [-0.15, -0.1) is 0 Å². The van der Waals surface area contributed by atoms with Crippen LogP contribution in [0.3, 0.4) is 0 Å². The van der Waals surface area contributed by atoms with Crippen LogP contribution < -0.4 is 5.32 Å². The molecule has 0 saturated heterocycles. The van der Waals surface area contributed by atoms with E-state index >= 15 is 0 Å². The molecule has 1 N–H and O–H groups in total. The molecular weight excluding hydrogens is 259 g/mol. The van der Waals surface area contributed by atoms with Crippen molar-refractivity contribution in [1.82, 2.24) is 0 Å². The second-order valence-electron chi connectivity index (χ2n) is 4.90. The molecule has 0 bridgehead atoms. The van der Waals surface area contributed by atoms with Crippen LogP contribution in [0.25, 0.3) is 0 Å². The lowest BCUT2D eigenvalue weighted by Crippen LogP contribution is -2.24. The fraction of sp³-hybridized carbons (Fsp3) is 0.200. The van der Waals surface area contributed by atoms with Crippen molar-refractivity contribution in [2.24, 2.45) is 0 Å². The van der Waals surface area contributed by atoms with Crippen LogP contribution in [0.5, 0.6) is 0 Å². The van der Waals surface area contributed by atoms with E-state index < -0.39 is 10.7 Å². The molecule has 1 unspecified atom stereocenters. The standard InChI is InChI=1S/C15H13FN2O2/c16-12-5-6-14(15(8-12)18(19)20)17-9-11-7-10-3-1-2-4-13(10)11/h1-6,8,11,17H,7,9H2. The minimum Gasteiger partial charge on any atom is -0.379 e. The highest BCUT2D eigenvalue weighted by atomic mass is 19.1. The number of benzene rings is 2. The van der Waals surface area contributed by atoms with E-state index in [4.69, 9.17) is 0 Å². The number of nitrogens with one attached hydrogen (secondary N) is 1. The molecule has 1 aliphatic rings. The first-order valence-corrected chi connectivity index (χ1v) is 6.41. The van der Waals surface area contributed by atoms with Gasteiger partial charge in [-0.25, -0.2) is 4.39 Å². The number of nitro groups is 1. The van der Waals surface area contributed by atoms with Crippen LogP contribution in [-0.4, -0.2) is 11.5 Å². The van der Waals surface area contributed by atoms with Gasteiger partial charge in [0.1, 0.15) is 11.5 Å². The van der Waals surface area contributed by atoms with Crippen molar-refractivity contribution in [3.05, 3.63) is 69.5 Å². The van der Waals surface area contributed by atoms with Gasteiger partial charge in [-0.2, -0.15) is 0 Å². The van der Waals surface area contributed by atoms with Crippen LogP contribution in [0.2, 0.25) is 0 Å². The molecule has 0 aliphatic heterocycles. The maximum Gasteiger partial charge on any atom is 0.295 e. The van der Waals surface area contributed by atoms with Crippen LogP contribution in [0.4, 0.5) is 15.8 Å². The Morgan fingerprint density at radius 2 is 2.10 bits per heavy atom. The average Bonchev–Trinajstić information content (AvgIpc) is 2.41. The van der Waals surface area contributed by atoms with Crippen molar-refractivity contribution in [1.29, 1.82) is 0 Å². The van der Waals surface area contributed by atoms with E-state index in [1.807, 2.05) is 12.1 Å². The minimum absolute atomic E-state index is 0.224. The van der Waals surface area contributed by atoms with Gasteiger partial charge in [0.2, 0.25) is 0 Å². The van der Waals surface area contributed by atoms with Crippen LogP contribution >= 0.6 is 0 Å². The Kier molecular flexibility index (Phi) is 3.10. The molecule has 0 heterocycles. The third-order valence-electron chi connectivity index (χ3n) is 3.66. The number of hydrogen-bond donors (Lipinski definition) is 1. The topological polar surface area (TPSA) is 55.2 Å². The predicted molar refractivity (Wildman–Crippen MR) is 74.4 cm³/mol.